The summed E-state index contributed by atoms with van der Waals surface area (Å²) in [6.45, 7) is 6.10. The minimum absolute atomic E-state index is 0.158. The number of oxime groups is 1. The summed E-state index contributed by atoms with van der Waals surface area (Å²) in [6.07, 6.45) is 1.99. The first-order valence-electron chi connectivity index (χ1n) is 7.02. The van der Waals surface area contributed by atoms with Gasteiger partial charge in [-0.2, -0.15) is 0 Å². The summed E-state index contributed by atoms with van der Waals surface area (Å²) in [6, 6.07) is 6.36. The molecule has 1 rings (SSSR count). The maximum absolute atomic E-state index is 9.10. The Hall–Kier alpha value is -1.40. The Morgan fingerprint density at radius 1 is 1.43 bits per heavy atom. The molecule has 0 radical (unpaired) electrons. The van der Waals surface area contributed by atoms with Gasteiger partial charge >= 0.3 is 0 Å². The predicted molar refractivity (Wildman–Crippen MR) is 91.8 cm³/mol. The maximum atomic E-state index is 9.10. The van der Waals surface area contributed by atoms with Crippen molar-refractivity contribution in [3.05, 3.63) is 23.8 Å². The van der Waals surface area contributed by atoms with Crippen molar-refractivity contribution >= 4 is 23.3 Å². The lowest BCUT2D eigenvalue weighted by Gasteiger charge is -2.33. The van der Waals surface area contributed by atoms with Gasteiger partial charge in [0.05, 0.1) is 5.56 Å². The molecule has 0 bridgehead atoms. The van der Waals surface area contributed by atoms with Crippen molar-refractivity contribution in [1.29, 1.82) is 0 Å². The van der Waals surface area contributed by atoms with Crippen molar-refractivity contribution in [2.45, 2.75) is 24.8 Å². The molecule has 0 saturated heterocycles. The van der Waals surface area contributed by atoms with Crippen LogP contribution in [0, 0.1) is 0 Å². The fourth-order valence-corrected chi connectivity index (χ4v) is 3.21. The second kappa shape index (κ2) is 8.14. The number of thioether (sulfide) groups is 1. The van der Waals surface area contributed by atoms with Crippen LogP contribution in [-0.4, -0.2) is 55.4 Å². The zero-order valence-corrected chi connectivity index (χ0v) is 14.3. The highest BCUT2D eigenvalue weighted by Crippen LogP contribution is 2.30. The van der Waals surface area contributed by atoms with E-state index in [2.05, 4.69) is 42.9 Å². The number of nitrogens with two attached hydrogens (primary N) is 1. The van der Waals surface area contributed by atoms with Crippen LogP contribution in [0.15, 0.2) is 28.3 Å². The van der Waals surface area contributed by atoms with E-state index >= 15 is 0 Å². The molecule has 0 fully saturated rings. The summed E-state index contributed by atoms with van der Waals surface area (Å²) >= 11 is 1.60. The molecule has 5 nitrogen and oxygen atoms in total. The van der Waals surface area contributed by atoms with Crippen molar-refractivity contribution in [1.82, 2.24) is 4.90 Å². The molecule has 6 heteroatoms. The van der Waals surface area contributed by atoms with Gasteiger partial charge in [-0.05, 0) is 46.3 Å². The van der Waals surface area contributed by atoms with Crippen LogP contribution >= 0.6 is 11.8 Å². The summed E-state index contributed by atoms with van der Waals surface area (Å²) in [5, 5.41) is 12.3. The molecule has 0 spiro atoms. The van der Waals surface area contributed by atoms with E-state index in [0.29, 0.717) is 6.04 Å². The van der Waals surface area contributed by atoms with Gasteiger partial charge in [-0.1, -0.05) is 11.2 Å². The molecule has 118 valence electrons. The molecule has 1 unspecified atom stereocenters. The van der Waals surface area contributed by atoms with Crippen molar-refractivity contribution in [3.63, 3.8) is 0 Å². The second-order valence-corrected chi connectivity index (χ2v) is 6.08. The topological polar surface area (TPSA) is 65.1 Å². The molecular formula is C15H26N4OS. The predicted octanol–water partition coefficient (Wildman–Crippen LogP) is 2.28. The van der Waals surface area contributed by atoms with E-state index < -0.39 is 0 Å². The molecule has 0 heterocycles. The minimum Gasteiger partial charge on any atom is -0.409 e. The maximum Gasteiger partial charge on any atom is 0.173 e. The normalized spacial score (nSPS) is 13.5. The number of amidine groups is 1. The number of nitrogens with zero attached hydrogens (tertiary/aromatic N) is 3. The van der Waals surface area contributed by atoms with Crippen molar-refractivity contribution in [2.24, 2.45) is 10.9 Å². The fraction of sp³-hybridized carbons (Fsp3) is 0.533. The minimum atomic E-state index is 0.158. The number of anilines is 1. The lowest BCUT2D eigenvalue weighted by Crippen LogP contribution is -2.41. The zero-order chi connectivity index (χ0) is 16.0. The molecule has 0 aromatic heterocycles. The Balaban J connectivity index is 3.32. The Morgan fingerprint density at radius 3 is 2.57 bits per heavy atom. The molecular weight excluding hydrogens is 284 g/mol. The number of hydrogen-bond donors (Lipinski definition) is 2. The Kier molecular flexibility index (Phi) is 6.84. The van der Waals surface area contributed by atoms with E-state index in [4.69, 9.17) is 10.9 Å². The molecule has 21 heavy (non-hydrogen) atoms. The zero-order valence-electron chi connectivity index (χ0n) is 13.5. The van der Waals surface area contributed by atoms with Crippen LogP contribution in [0.5, 0.6) is 0 Å². The molecule has 0 aliphatic carbocycles. The van der Waals surface area contributed by atoms with Gasteiger partial charge in [-0.25, -0.2) is 0 Å². The standard InChI is InChI=1S/C15H26N4OS/c1-6-19(11(2)10-18(3)4)12-8-7-9-13(21-5)14(12)15(16)17-20/h7-9,11,20H,6,10H2,1-5H3,(H2,16,17). The molecule has 0 amide bonds. The molecule has 1 aromatic carbocycles. The SMILES string of the molecule is CCN(c1cccc(SC)c1/C(N)=N/O)C(C)CN(C)C. The lowest BCUT2D eigenvalue weighted by atomic mass is 10.1. The highest BCUT2D eigenvalue weighted by Gasteiger charge is 2.20. The first-order chi connectivity index (χ1) is 9.96. The van der Waals surface area contributed by atoms with Gasteiger partial charge in [0.15, 0.2) is 5.84 Å². The second-order valence-electron chi connectivity index (χ2n) is 5.24. The molecule has 0 saturated carbocycles. The van der Waals surface area contributed by atoms with Crippen LogP contribution in [0.1, 0.15) is 19.4 Å². The Labute approximate surface area is 131 Å². The number of benzene rings is 1. The quantitative estimate of drug-likeness (QED) is 0.266. The van der Waals surface area contributed by atoms with Crippen LogP contribution in [0.2, 0.25) is 0 Å². The van der Waals surface area contributed by atoms with Gasteiger partial charge in [-0.15, -0.1) is 11.8 Å². The van der Waals surface area contributed by atoms with Crippen LogP contribution in [-0.2, 0) is 0 Å². The highest BCUT2D eigenvalue weighted by atomic mass is 32.2. The van der Waals surface area contributed by atoms with Gasteiger partial charge in [0, 0.05) is 29.7 Å². The van der Waals surface area contributed by atoms with Crippen molar-refractivity contribution in [2.75, 3.05) is 38.3 Å². The monoisotopic (exact) mass is 310 g/mol. The first-order valence-corrected chi connectivity index (χ1v) is 8.24. The van der Waals surface area contributed by atoms with Crippen LogP contribution in [0.4, 0.5) is 5.69 Å². The van der Waals surface area contributed by atoms with Crippen molar-refractivity contribution in [3.8, 4) is 0 Å². The summed E-state index contributed by atoms with van der Waals surface area (Å²) in [4.78, 5) is 5.46. The number of hydrogen-bond acceptors (Lipinski definition) is 5. The fourth-order valence-electron chi connectivity index (χ4n) is 2.58. The smallest absolute Gasteiger partial charge is 0.173 e. The van der Waals surface area contributed by atoms with Crippen LogP contribution < -0.4 is 10.6 Å². The Morgan fingerprint density at radius 2 is 2.10 bits per heavy atom. The van der Waals surface area contributed by atoms with Crippen LogP contribution in [0.25, 0.3) is 0 Å². The van der Waals surface area contributed by atoms with Gasteiger partial charge in [-0.3, -0.25) is 0 Å². The van der Waals surface area contributed by atoms with E-state index in [1.165, 1.54) is 0 Å². The number of rotatable bonds is 7. The van der Waals surface area contributed by atoms with E-state index in [-0.39, 0.29) is 5.84 Å². The molecule has 0 aliphatic heterocycles. The van der Waals surface area contributed by atoms with Gasteiger partial charge in [0.1, 0.15) is 0 Å². The molecule has 0 aliphatic rings. The van der Waals surface area contributed by atoms with Crippen LogP contribution in [0.3, 0.4) is 0 Å². The van der Waals surface area contributed by atoms with Gasteiger partial charge < -0.3 is 20.7 Å². The van der Waals surface area contributed by atoms with Gasteiger partial charge in [0.25, 0.3) is 0 Å². The molecule has 1 atom stereocenters. The molecule has 3 N–H and O–H groups in total. The first kappa shape index (κ1) is 17.7. The number of likely N-dealkylation sites (N-methyl/N-ethyl adjacent to an activating group) is 2. The largest absolute Gasteiger partial charge is 0.409 e. The van der Waals surface area contributed by atoms with Gasteiger partial charge in [0.2, 0.25) is 0 Å². The third-order valence-corrected chi connectivity index (χ3v) is 4.18. The van der Waals surface area contributed by atoms with E-state index in [0.717, 1.165) is 29.2 Å². The average Bonchev–Trinajstić information content (AvgIpc) is 2.46. The summed E-state index contributed by atoms with van der Waals surface area (Å²) in [5.74, 6) is 0.158. The van der Waals surface area contributed by atoms with Crippen molar-refractivity contribution < 1.29 is 5.21 Å². The summed E-state index contributed by atoms with van der Waals surface area (Å²) in [7, 11) is 4.13. The lowest BCUT2D eigenvalue weighted by molar-refractivity contribution is 0.318. The third kappa shape index (κ3) is 4.28. The van der Waals surface area contributed by atoms with E-state index in [9.17, 15) is 0 Å². The van der Waals surface area contributed by atoms with E-state index in [1.807, 2.05) is 24.5 Å². The average molecular weight is 310 g/mol. The summed E-state index contributed by atoms with van der Waals surface area (Å²) < 4.78 is 0. The Bertz CT molecular complexity index is 491. The third-order valence-electron chi connectivity index (χ3n) is 3.40. The summed E-state index contributed by atoms with van der Waals surface area (Å²) in [5.41, 5.74) is 7.73. The molecule has 1 aromatic rings. The van der Waals surface area contributed by atoms with E-state index in [1.54, 1.807) is 11.8 Å². The highest BCUT2D eigenvalue weighted by molar-refractivity contribution is 7.98.